The number of benzene rings is 4. The summed E-state index contributed by atoms with van der Waals surface area (Å²) in [6, 6.07) is 32.1. The topological polar surface area (TPSA) is 102 Å². The molecule has 6 heteroatoms. The Morgan fingerprint density at radius 2 is 0.575 bits per heavy atom. The van der Waals surface area contributed by atoms with Crippen LogP contribution in [0.25, 0.3) is 0 Å². The molecule has 0 heterocycles. The van der Waals surface area contributed by atoms with Crippen LogP contribution in [0.15, 0.2) is 109 Å². The predicted molar refractivity (Wildman–Crippen MR) is 161 cm³/mol. The molecular weight excluding hydrogens is 504 g/mol. The van der Waals surface area contributed by atoms with Gasteiger partial charge in [-0.3, -0.25) is 24.0 Å². The highest BCUT2D eigenvalue weighted by molar-refractivity contribution is 5.79. The van der Waals surface area contributed by atoms with Gasteiger partial charge in [0.25, 0.3) is 0 Å². The van der Waals surface area contributed by atoms with Gasteiger partial charge in [0, 0.05) is 27.8 Å². The van der Waals surface area contributed by atoms with E-state index in [9.17, 15) is 24.0 Å². The fraction of sp³-hybridized carbons (Fsp3) is 0.118. The van der Waals surface area contributed by atoms with E-state index in [1.807, 2.05) is 81.4 Å². The summed E-state index contributed by atoms with van der Waals surface area (Å²) in [4.78, 5) is 59.2. The molecule has 0 aromatic heterocycles. The van der Waals surface area contributed by atoms with Crippen molar-refractivity contribution in [2.24, 2.45) is 0 Å². The van der Waals surface area contributed by atoms with E-state index in [0.29, 0.717) is 11.1 Å². The van der Waals surface area contributed by atoms with Gasteiger partial charge in [0.1, 0.15) is 37.7 Å². The van der Waals surface area contributed by atoms with E-state index in [-0.39, 0.29) is 0 Å². The second-order valence-electron chi connectivity index (χ2n) is 7.22. The van der Waals surface area contributed by atoms with Crippen LogP contribution in [0, 0.1) is 6.92 Å². The van der Waals surface area contributed by atoms with Crippen LogP contribution in [0.3, 0.4) is 0 Å². The lowest BCUT2D eigenvalue weighted by molar-refractivity contribution is -0.106. The van der Waals surface area contributed by atoms with Crippen molar-refractivity contribution in [3.8, 4) is 0 Å². The van der Waals surface area contributed by atoms with Crippen molar-refractivity contribution >= 4 is 37.7 Å². The van der Waals surface area contributed by atoms with Gasteiger partial charge in [0.15, 0.2) is 0 Å². The Morgan fingerprint density at radius 1 is 0.375 bits per heavy atom. The quantitative estimate of drug-likeness (QED) is 0.245. The number of carbonyl (C=O) groups is 6. The first-order valence-corrected chi connectivity index (χ1v) is 12.4. The number of hydrogen-bond donors (Lipinski definition) is 0. The lowest BCUT2D eigenvalue weighted by atomic mass is 10.2. The third kappa shape index (κ3) is 20.0. The molecule has 0 unspecified atom stereocenters. The number of aryl methyl sites for hydroxylation is 1. The van der Waals surface area contributed by atoms with Crippen molar-refractivity contribution < 1.29 is 28.8 Å². The first-order valence-electron chi connectivity index (χ1n) is 12.4. The molecular formula is C34H36O6. The van der Waals surface area contributed by atoms with Gasteiger partial charge < -0.3 is 4.79 Å². The molecule has 0 aliphatic carbocycles. The van der Waals surface area contributed by atoms with Crippen molar-refractivity contribution in [3.63, 3.8) is 0 Å². The molecule has 0 saturated heterocycles. The SMILES string of the molecule is CC.CC=O.Cc1ccc(C=O)cc1.O=Cc1ccc(C=O)cc1.O=Cc1ccccc1.O=Cc1ccccc1. The Labute approximate surface area is 236 Å². The third-order valence-corrected chi connectivity index (χ3v) is 4.29. The zero-order valence-corrected chi connectivity index (χ0v) is 23.3. The van der Waals surface area contributed by atoms with Gasteiger partial charge in [-0.25, -0.2) is 0 Å². The van der Waals surface area contributed by atoms with Crippen LogP contribution in [0.1, 0.15) is 78.1 Å². The van der Waals surface area contributed by atoms with E-state index >= 15 is 0 Å². The molecule has 0 radical (unpaired) electrons. The summed E-state index contributed by atoms with van der Waals surface area (Å²) in [5.74, 6) is 0. The van der Waals surface area contributed by atoms with Crippen molar-refractivity contribution in [2.45, 2.75) is 27.7 Å². The van der Waals surface area contributed by atoms with Crippen LogP contribution in [-0.4, -0.2) is 37.7 Å². The highest BCUT2D eigenvalue weighted by Gasteiger charge is 1.89. The van der Waals surface area contributed by atoms with Crippen LogP contribution in [0.5, 0.6) is 0 Å². The van der Waals surface area contributed by atoms with Crippen LogP contribution in [0.4, 0.5) is 0 Å². The molecule has 208 valence electrons. The van der Waals surface area contributed by atoms with E-state index in [0.717, 1.165) is 54.4 Å². The monoisotopic (exact) mass is 540 g/mol. The van der Waals surface area contributed by atoms with Gasteiger partial charge >= 0.3 is 0 Å². The minimum atomic E-state index is 0.589. The molecule has 0 atom stereocenters. The van der Waals surface area contributed by atoms with Gasteiger partial charge in [0.05, 0.1) is 0 Å². The maximum atomic E-state index is 10.1. The summed E-state index contributed by atoms with van der Waals surface area (Å²) in [5.41, 5.74) is 4.55. The largest absolute Gasteiger partial charge is 0.304 e. The van der Waals surface area contributed by atoms with E-state index in [1.165, 1.54) is 12.5 Å². The fourth-order valence-corrected chi connectivity index (χ4v) is 2.36. The van der Waals surface area contributed by atoms with Crippen molar-refractivity contribution in [1.29, 1.82) is 0 Å². The van der Waals surface area contributed by atoms with Gasteiger partial charge in [-0.1, -0.05) is 129 Å². The second-order valence-corrected chi connectivity index (χ2v) is 7.22. The standard InChI is InChI=1S/C8H6O2.C8H8O.2C7H6O.C2H4O.C2H6/c9-5-7-1-2-8(6-10)4-3-7;1-7-2-4-8(6-9)5-3-7;2*8-6-7-4-2-1-3-5-7;1-2-3;1-2/h1-6H;2-6H,1H3;2*1-6H;2H,1H3;1-2H3. The molecule has 0 bridgehead atoms. The number of aldehydes is 6. The normalized spacial score (nSPS) is 8.10. The Balaban J connectivity index is 0. The van der Waals surface area contributed by atoms with E-state index < -0.39 is 0 Å². The molecule has 0 spiro atoms. The van der Waals surface area contributed by atoms with Crippen LogP contribution in [0.2, 0.25) is 0 Å². The van der Waals surface area contributed by atoms with Gasteiger partial charge in [-0.15, -0.1) is 0 Å². The Hall–Kier alpha value is -5.10. The molecule has 4 rings (SSSR count). The summed E-state index contributed by atoms with van der Waals surface area (Å²) in [6.45, 7) is 7.44. The zero-order valence-electron chi connectivity index (χ0n) is 23.3. The average Bonchev–Trinajstić information content (AvgIpc) is 3.04. The summed E-state index contributed by atoms with van der Waals surface area (Å²) in [5, 5.41) is 0. The van der Waals surface area contributed by atoms with Crippen molar-refractivity contribution in [1.82, 2.24) is 0 Å². The molecule has 40 heavy (non-hydrogen) atoms. The van der Waals surface area contributed by atoms with Crippen LogP contribution < -0.4 is 0 Å². The molecule has 0 fully saturated rings. The lowest BCUT2D eigenvalue weighted by Gasteiger charge is -1.89. The summed E-state index contributed by atoms with van der Waals surface area (Å²) in [7, 11) is 0. The molecule has 6 nitrogen and oxygen atoms in total. The summed E-state index contributed by atoms with van der Waals surface area (Å²) >= 11 is 0. The highest BCUT2D eigenvalue weighted by Crippen LogP contribution is 1.99. The second kappa shape index (κ2) is 26.9. The molecule has 4 aromatic rings. The first kappa shape index (κ1) is 37.1. The van der Waals surface area contributed by atoms with Gasteiger partial charge in [-0.05, 0) is 13.8 Å². The molecule has 0 aliphatic heterocycles. The van der Waals surface area contributed by atoms with E-state index in [1.54, 1.807) is 48.5 Å². The minimum Gasteiger partial charge on any atom is -0.304 e. The Morgan fingerprint density at radius 3 is 0.775 bits per heavy atom. The van der Waals surface area contributed by atoms with Gasteiger partial charge in [0.2, 0.25) is 0 Å². The first-order chi connectivity index (χ1) is 19.5. The maximum absolute atomic E-state index is 10.1. The predicted octanol–water partition coefficient (Wildman–Crippen LogP) is 7.35. The highest BCUT2D eigenvalue weighted by atomic mass is 16.1. The van der Waals surface area contributed by atoms with Crippen molar-refractivity contribution in [2.75, 3.05) is 0 Å². The number of rotatable bonds is 5. The fourth-order valence-electron chi connectivity index (χ4n) is 2.36. The maximum Gasteiger partial charge on any atom is 0.150 e. The molecule has 4 aromatic carbocycles. The van der Waals surface area contributed by atoms with E-state index in [2.05, 4.69) is 0 Å². The zero-order chi connectivity index (χ0) is 30.4. The third-order valence-electron chi connectivity index (χ3n) is 4.29. The number of hydrogen-bond acceptors (Lipinski definition) is 6. The van der Waals surface area contributed by atoms with Crippen molar-refractivity contribution in [3.05, 3.63) is 143 Å². The van der Waals surface area contributed by atoms with E-state index in [4.69, 9.17) is 4.79 Å². The smallest absolute Gasteiger partial charge is 0.150 e. The summed E-state index contributed by atoms with van der Waals surface area (Å²) < 4.78 is 0. The van der Waals surface area contributed by atoms with Gasteiger partial charge in [-0.2, -0.15) is 0 Å². The lowest BCUT2D eigenvalue weighted by Crippen LogP contribution is -1.81. The molecule has 0 amide bonds. The minimum absolute atomic E-state index is 0.589. The number of carbonyl (C=O) groups excluding carboxylic acids is 6. The Kier molecular flexibility index (Phi) is 25.0. The Bertz CT molecular complexity index is 1130. The van der Waals surface area contributed by atoms with Crippen LogP contribution in [-0.2, 0) is 4.79 Å². The average molecular weight is 541 g/mol. The molecule has 0 N–H and O–H groups in total. The summed E-state index contributed by atoms with van der Waals surface area (Å²) in [6.07, 6.45) is 4.75. The van der Waals surface area contributed by atoms with Crippen LogP contribution >= 0.6 is 0 Å². The molecule has 0 aliphatic rings. The molecule has 0 saturated carbocycles.